The molecule has 0 spiro atoms. The fourth-order valence-electron chi connectivity index (χ4n) is 0.974. The summed E-state index contributed by atoms with van der Waals surface area (Å²) < 4.78 is 10.0. The minimum absolute atomic E-state index is 0.0912. The van der Waals surface area contributed by atoms with Gasteiger partial charge in [-0.05, 0) is 6.42 Å². The van der Waals surface area contributed by atoms with Gasteiger partial charge in [-0.15, -0.1) is 0 Å². The molecular formula is C10H18O6. The van der Waals surface area contributed by atoms with E-state index in [0.717, 1.165) is 12.8 Å². The van der Waals surface area contributed by atoms with E-state index in [2.05, 4.69) is 0 Å². The highest BCUT2D eigenvalue weighted by atomic mass is 16.5. The predicted octanol–water partition coefficient (Wildman–Crippen LogP) is 0.748. The summed E-state index contributed by atoms with van der Waals surface area (Å²) in [5.41, 5.74) is 0. The summed E-state index contributed by atoms with van der Waals surface area (Å²) in [7, 11) is 0. The van der Waals surface area contributed by atoms with Gasteiger partial charge in [0.2, 0.25) is 0 Å². The molecule has 2 N–H and O–H groups in total. The number of carboxylic acids is 2. The van der Waals surface area contributed by atoms with Gasteiger partial charge in [0.05, 0.1) is 19.6 Å². The maximum Gasteiger partial charge on any atom is 0.333 e. The molecule has 0 heterocycles. The smallest absolute Gasteiger partial charge is 0.333 e. The van der Waals surface area contributed by atoms with E-state index < -0.39 is 24.5 Å². The molecule has 16 heavy (non-hydrogen) atoms. The predicted molar refractivity (Wildman–Crippen MR) is 55.4 cm³/mol. The highest BCUT2D eigenvalue weighted by molar-refractivity contribution is 5.79. The molecule has 6 nitrogen and oxygen atoms in total. The number of carbonyl (C=O) groups is 2. The van der Waals surface area contributed by atoms with Crippen LogP contribution in [0, 0.1) is 0 Å². The Hall–Kier alpha value is -1.14. The summed E-state index contributed by atoms with van der Waals surface area (Å²) in [5.74, 6) is -2.46. The van der Waals surface area contributed by atoms with E-state index in [-0.39, 0.29) is 13.2 Å². The standard InChI is InChI=1S/C10H18O6/c1-2-3-4-15-5-6-16-8(10(13)14)7-9(11)12/h8H,2-7H2,1H3,(H,11,12)(H,13,14). The molecule has 0 aromatic heterocycles. The Labute approximate surface area is 94.2 Å². The van der Waals surface area contributed by atoms with Gasteiger partial charge in [0, 0.05) is 6.61 Å². The van der Waals surface area contributed by atoms with Crippen molar-refractivity contribution in [1.29, 1.82) is 0 Å². The number of carboxylic acid groups (broad SMARTS) is 2. The number of unbranched alkanes of at least 4 members (excludes halogenated alkanes) is 1. The minimum atomic E-state index is -1.30. The van der Waals surface area contributed by atoms with Gasteiger partial charge in [0.25, 0.3) is 0 Å². The molecule has 0 saturated heterocycles. The fourth-order valence-corrected chi connectivity index (χ4v) is 0.974. The van der Waals surface area contributed by atoms with Crippen LogP contribution in [0.1, 0.15) is 26.2 Å². The third kappa shape index (κ3) is 8.19. The lowest BCUT2D eigenvalue weighted by Gasteiger charge is -2.11. The zero-order chi connectivity index (χ0) is 12.4. The van der Waals surface area contributed by atoms with E-state index in [0.29, 0.717) is 6.61 Å². The second-order valence-corrected chi connectivity index (χ2v) is 3.26. The van der Waals surface area contributed by atoms with Gasteiger partial charge in [-0.3, -0.25) is 4.79 Å². The average Bonchev–Trinajstić information content (AvgIpc) is 2.20. The fraction of sp³-hybridized carbons (Fsp3) is 0.800. The molecule has 0 aliphatic carbocycles. The Morgan fingerprint density at radius 2 is 1.88 bits per heavy atom. The summed E-state index contributed by atoms with van der Waals surface area (Å²) in [6, 6.07) is 0. The second-order valence-electron chi connectivity index (χ2n) is 3.26. The Balaban J connectivity index is 3.60. The summed E-state index contributed by atoms with van der Waals surface area (Å²) in [6.45, 7) is 3.01. The molecule has 6 heteroatoms. The van der Waals surface area contributed by atoms with E-state index in [1.165, 1.54) is 0 Å². The monoisotopic (exact) mass is 234 g/mol. The van der Waals surface area contributed by atoms with E-state index in [1.807, 2.05) is 6.92 Å². The van der Waals surface area contributed by atoms with Crippen molar-refractivity contribution >= 4 is 11.9 Å². The van der Waals surface area contributed by atoms with E-state index in [1.54, 1.807) is 0 Å². The zero-order valence-electron chi connectivity index (χ0n) is 9.35. The second kappa shape index (κ2) is 9.11. The molecule has 0 aromatic carbocycles. The molecule has 0 aliphatic rings. The molecule has 0 radical (unpaired) electrons. The van der Waals surface area contributed by atoms with Crippen LogP contribution in [-0.2, 0) is 19.1 Å². The van der Waals surface area contributed by atoms with Crippen molar-refractivity contribution in [3.8, 4) is 0 Å². The maximum atomic E-state index is 10.6. The Morgan fingerprint density at radius 1 is 1.19 bits per heavy atom. The first-order valence-electron chi connectivity index (χ1n) is 5.21. The van der Waals surface area contributed by atoms with Crippen molar-refractivity contribution in [3.05, 3.63) is 0 Å². The Kier molecular flexibility index (Phi) is 8.46. The molecule has 0 rings (SSSR count). The minimum Gasteiger partial charge on any atom is -0.481 e. The quantitative estimate of drug-likeness (QED) is 0.542. The van der Waals surface area contributed by atoms with E-state index in [9.17, 15) is 9.59 Å². The molecule has 0 bridgehead atoms. The van der Waals surface area contributed by atoms with Gasteiger partial charge >= 0.3 is 11.9 Å². The number of hydrogen-bond donors (Lipinski definition) is 2. The normalized spacial score (nSPS) is 12.3. The van der Waals surface area contributed by atoms with Crippen LogP contribution in [0.2, 0.25) is 0 Å². The molecule has 0 aliphatic heterocycles. The third-order valence-electron chi connectivity index (χ3n) is 1.82. The maximum absolute atomic E-state index is 10.6. The van der Waals surface area contributed by atoms with Gasteiger partial charge in [0.1, 0.15) is 0 Å². The Bertz CT molecular complexity index is 215. The Morgan fingerprint density at radius 3 is 2.38 bits per heavy atom. The largest absolute Gasteiger partial charge is 0.481 e. The van der Waals surface area contributed by atoms with Gasteiger partial charge < -0.3 is 19.7 Å². The molecule has 0 fully saturated rings. The number of ether oxygens (including phenoxy) is 2. The first-order valence-corrected chi connectivity index (χ1v) is 5.21. The molecule has 0 aromatic rings. The lowest BCUT2D eigenvalue weighted by molar-refractivity contribution is -0.157. The van der Waals surface area contributed by atoms with Crippen molar-refractivity contribution in [1.82, 2.24) is 0 Å². The van der Waals surface area contributed by atoms with Crippen LogP contribution in [0.5, 0.6) is 0 Å². The first-order chi connectivity index (χ1) is 7.57. The third-order valence-corrected chi connectivity index (χ3v) is 1.82. The molecule has 94 valence electrons. The van der Waals surface area contributed by atoms with Gasteiger partial charge in [-0.2, -0.15) is 0 Å². The zero-order valence-corrected chi connectivity index (χ0v) is 9.35. The summed E-state index contributed by atoms with van der Waals surface area (Å²) in [4.78, 5) is 20.9. The van der Waals surface area contributed by atoms with Crippen LogP contribution in [0.25, 0.3) is 0 Å². The number of rotatable bonds is 10. The van der Waals surface area contributed by atoms with E-state index in [4.69, 9.17) is 19.7 Å². The highest BCUT2D eigenvalue weighted by Gasteiger charge is 2.21. The van der Waals surface area contributed by atoms with Crippen molar-refractivity contribution in [3.63, 3.8) is 0 Å². The average molecular weight is 234 g/mol. The lowest BCUT2D eigenvalue weighted by Crippen LogP contribution is -2.28. The summed E-state index contributed by atoms with van der Waals surface area (Å²) >= 11 is 0. The van der Waals surface area contributed by atoms with Crippen molar-refractivity contribution in [2.24, 2.45) is 0 Å². The highest BCUT2D eigenvalue weighted by Crippen LogP contribution is 1.99. The van der Waals surface area contributed by atoms with Crippen LogP contribution in [-0.4, -0.2) is 48.1 Å². The van der Waals surface area contributed by atoms with Crippen molar-refractivity contribution < 1.29 is 29.3 Å². The van der Waals surface area contributed by atoms with Gasteiger partial charge in [0.15, 0.2) is 6.10 Å². The molecule has 1 unspecified atom stereocenters. The summed E-state index contributed by atoms with van der Waals surface area (Å²) in [5, 5.41) is 17.1. The van der Waals surface area contributed by atoms with Crippen molar-refractivity contribution in [2.45, 2.75) is 32.3 Å². The van der Waals surface area contributed by atoms with Gasteiger partial charge in [-0.25, -0.2) is 4.79 Å². The van der Waals surface area contributed by atoms with Crippen LogP contribution in [0.4, 0.5) is 0 Å². The topological polar surface area (TPSA) is 93.1 Å². The SMILES string of the molecule is CCCCOCCOC(CC(=O)O)C(=O)O. The van der Waals surface area contributed by atoms with Crippen LogP contribution in [0.15, 0.2) is 0 Å². The molecule has 0 amide bonds. The van der Waals surface area contributed by atoms with Crippen LogP contribution in [0.3, 0.4) is 0 Å². The van der Waals surface area contributed by atoms with E-state index >= 15 is 0 Å². The van der Waals surface area contributed by atoms with Crippen molar-refractivity contribution in [2.75, 3.05) is 19.8 Å². The first kappa shape index (κ1) is 14.9. The number of aliphatic carboxylic acids is 2. The van der Waals surface area contributed by atoms with Crippen LogP contribution >= 0.6 is 0 Å². The van der Waals surface area contributed by atoms with Crippen LogP contribution < -0.4 is 0 Å². The molecule has 0 saturated carbocycles. The lowest BCUT2D eigenvalue weighted by atomic mass is 10.2. The summed E-state index contributed by atoms with van der Waals surface area (Å²) in [6.07, 6.45) is 0.131. The number of hydrogen-bond acceptors (Lipinski definition) is 4. The molecular weight excluding hydrogens is 216 g/mol. The molecule has 1 atom stereocenters. The van der Waals surface area contributed by atoms with Gasteiger partial charge in [-0.1, -0.05) is 13.3 Å².